The molecule has 0 aliphatic heterocycles. The fraction of sp³-hybridized carbons (Fsp3) is 0.0909. The Morgan fingerprint density at radius 2 is 1.62 bits per heavy atom. The van der Waals surface area contributed by atoms with Gasteiger partial charge in [-0.05, 0) is 22.4 Å². The van der Waals surface area contributed by atoms with Crippen molar-refractivity contribution in [3.05, 3.63) is 48.0 Å². The van der Waals surface area contributed by atoms with Crippen molar-refractivity contribution < 1.29 is 26.2 Å². The van der Waals surface area contributed by atoms with Crippen LogP contribution >= 0.6 is 0 Å². The first kappa shape index (κ1) is 10.4. The van der Waals surface area contributed by atoms with Crippen LogP contribution in [0.15, 0.2) is 42.5 Å². The summed E-state index contributed by atoms with van der Waals surface area (Å²) in [7, 11) is 0. The average Bonchev–Trinajstić information content (AvgIpc) is 2.17. The molecule has 0 spiro atoms. The quantitative estimate of drug-likeness (QED) is 0.844. The van der Waals surface area contributed by atoms with E-state index in [1.54, 1.807) is 0 Å². The maximum Gasteiger partial charge on any atom is 0.0682 e. The van der Waals surface area contributed by atoms with Gasteiger partial charge in [-0.1, -0.05) is 36.4 Å². The van der Waals surface area contributed by atoms with Crippen LogP contribution in [0.4, 0.5) is 0 Å². The molecule has 13 heavy (non-hydrogen) atoms. The van der Waals surface area contributed by atoms with Crippen molar-refractivity contribution >= 4 is 10.8 Å². The fourth-order valence-electron chi connectivity index (χ4n) is 1.34. The number of hydrogen-bond acceptors (Lipinski definition) is 1. The van der Waals surface area contributed by atoms with Crippen LogP contribution < -0.4 is 0 Å². The number of aliphatic hydroxyl groups is 1. The Morgan fingerprint density at radius 3 is 2.31 bits per heavy atom. The van der Waals surface area contributed by atoms with Crippen LogP contribution in [0.25, 0.3) is 10.8 Å². The van der Waals surface area contributed by atoms with Crippen molar-refractivity contribution in [2.45, 2.75) is 6.61 Å². The molecule has 1 N–H and O–H groups in total. The van der Waals surface area contributed by atoms with E-state index in [1.165, 1.54) is 10.8 Å². The molecule has 0 atom stereocenters. The SMILES string of the molecule is OCc1ccc2ccccc2c1.[W]. The average molecular weight is 342 g/mol. The van der Waals surface area contributed by atoms with Gasteiger partial charge in [0.25, 0.3) is 0 Å². The van der Waals surface area contributed by atoms with Gasteiger partial charge in [0.2, 0.25) is 0 Å². The van der Waals surface area contributed by atoms with Crippen molar-refractivity contribution in [2.24, 2.45) is 0 Å². The van der Waals surface area contributed by atoms with E-state index in [1.807, 2.05) is 30.3 Å². The first-order valence-corrected chi connectivity index (χ1v) is 3.99. The Kier molecular flexibility index (Phi) is 3.65. The normalized spacial score (nSPS) is 9.62. The van der Waals surface area contributed by atoms with Crippen LogP contribution in [-0.4, -0.2) is 5.11 Å². The molecule has 2 aromatic carbocycles. The molecule has 0 aliphatic carbocycles. The summed E-state index contributed by atoms with van der Waals surface area (Å²) in [5, 5.41) is 11.3. The standard InChI is InChI=1S/C11H10O.W/c12-8-9-5-6-10-3-1-2-4-11(10)7-9;/h1-7,12H,8H2;. The molecule has 0 saturated heterocycles. The van der Waals surface area contributed by atoms with E-state index in [9.17, 15) is 0 Å². The summed E-state index contributed by atoms with van der Waals surface area (Å²) >= 11 is 0. The van der Waals surface area contributed by atoms with Gasteiger partial charge in [0.1, 0.15) is 0 Å². The number of rotatable bonds is 1. The largest absolute Gasteiger partial charge is 0.392 e. The molecule has 0 radical (unpaired) electrons. The Labute approximate surface area is 91.7 Å². The Balaban J connectivity index is 0.000000845. The maximum atomic E-state index is 8.90. The second kappa shape index (κ2) is 4.55. The van der Waals surface area contributed by atoms with Crippen LogP contribution in [0.1, 0.15) is 5.56 Å². The molecule has 0 amide bonds. The van der Waals surface area contributed by atoms with E-state index >= 15 is 0 Å². The predicted molar refractivity (Wildman–Crippen MR) is 49.9 cm³/mol. The molecule has 1 nitrogen and oxygen atoms in total. The number of benzene rings is 2. The fourth-order valence-corrected chi connectivity index (χ4v) is 1.34. The van der Waals surface area contributed by atoms with E-state index in [4.69, 9.17) is 5.11 Å². The third kappa shape index (κ3) is 2.18. The molecule has 2 rings (SSSR count). The number of hydrogen-bond donors (Lipinski definition) is 1. The molecule has 0 saturated carbocycles. The van der Waals surface area contributed by atoms with Gasteiger partial charge in [0.15, 0.2) is 0 Å². The molecule has 0 aromatic heterocycles. The van der Waals surface area contributed by atoms with Crippen LogP contribution in [0.5, 0.6) is 0 Å². The van der Waals surface area contributed by atoms with Crippen molar-refractivity contribution in [3.63, 3.8) is 0 Å². The summed E-state index contributed by atoms with van der Waals surface area (Å²) in [6.45, 7) is 0.116. The molecule has 66 valence electrons. The molecule has 2 aromatic rings. The number of fused-ring (bicyclic) bond motifs is 1. The van der Waals surface area contributed by atoms with E-state index in [0.29, 0.717) is 0 Å². The van der Waals surface area contributed by atoms with Gasteiger partial charge in [-0.3, -0.25) is 0 Å². The second-order valence-electron chi connectivity index (χ2n) is 2.84. The van der Waals surface area contributed by atoms with E-state index in [-0.39, 0.29) is 27.7 Å². The Hall–Kier alpha value is -0.652. The molecule has 0 fully saturated rings. The van der Waals surface area contributed by atoms with Crippen molar-refractivity contribution in [1.29, 1.82) is 0 Å². The maximum absolute atomic E-state index is 8.90. The summed E-state index contributed by atoms with van der Waals surface area (Å²) in [5.74, 6) is 0. The van der Waals surface area contributed by atoms with Crippen LogP contribution in [-0.2, 0) is 27.7 Å². The zero-order chi connectivity index (χ0) is 8.39. The van der Waals surface area contributed by atoms with Crippen molar-refractivity contribution in [2.75, 3.05) is 0 Å². The molecular weight excluding hydrogens is 332 g/mol. The summed E-state index contributed by atoms with van der Waals surface area (Å²) in [4.78, 5) is 0. The monoisotopic (exact) mass is 342 g/mol. The van der Waals surface area contributed by atoms with Crippen LogP contribution in [0.3, 0.4) is 0 Å². The van der Waals surface area contributed by atoms with Gasteiger partial charge in [0, 0.05) is 21.1 Å². The van der Waals surface area contributed by atoms with Gasteiger partial charge in [-0.25, -0.2) is 0 Å². The minimum absolute atomic E-state index is 0. The summed E-state index contributed by atoms with van der Waals surface area (Å²) in [6, 6.07) is 14.1. The van der Waals surface area contributed by atoms with Gasteiger partial charge in [-0.2, -0.15) is 0 Å². The molecule has 2 heteroatoms. The summed E-state index contributed by atoms with van der Waals surface area (Å²) in [6.07, 6.45) is 0. The molecule has 0 unspecified atom stereocenters. The molecule has 0 bridgehead atoms. The third-order valence-electron chi connectivity index (χ3n) is 2.00. The van der Waals surface area contributed by atoms with Gasteiger partial charge in [0.05, 0.1) is 6.61 Å². The number of aliphatic hydroxyl groups excluding tert-OH is 1. The van der Waals surface area contributed by atoms with Crippen molar-refractivity contribution in [1.82, 2.24) is 0 Å². The minimum atomic E-state index is 0. The second-order valence-corrected chi connectivity index (χ2v) is 2.84. The zero-order valence-electron chi connectivity index (χ0n) is 7.10. The van der Waals surface area contributed by atoms with Crippen LogP contribution in [0.2, 0.25) is 0 Å². The van der Waals surface area contributed by atoms with Crippen LogP contribution in [0, 0.1) is 0 Å². The third-order valence-corrected chi connectivity index (χ3v) is 2.00. The molecule has 0 aliphatic rings. The smallest absolute Gasteiger partial charge is 0.0682 e. The predicted octanol–water partition coefficient (Wildman–Crippen LogP) is 2.33. The van der Waals surface area contributed by atoms with E-state index in [2.05, 4.69) is 12.1 Å². The molecular formula is C11H10OW. The first-order chi connectivity index (χ1) is 5.90. The van der Waals surface area contributed by atoms with E-state index in [0.717, 1.165) is 5.56 Å². The zero-order valence-corrected chi connectivity index (χ0v) is 10.0. The van der Waals surface area contributed by atoms with Crippen molar-refractivity contribution in [3.8, 4) is 0 Å². The van der Waals surface area contributed by atoms with E-state index < -0.39 is 0 Å². The Bertz CT molecular complexity index is 398. The summed E-state index contributed by atoms with van der Waals surface area (Å²) < 4.78 is 0. The Morgan fingerprint density at radius 1 is 0.923 bits per heavy atom. The molecule has 0 heterocycles. The minimum Gasteiger partial charge on any atom is -0.392 e. The van der Waals surface area contributed by atoms with Gasteiger partial charge >= 0.3 is 0 Å². The topological polar surface area (TPSA) is 20.2 Å². The first-order valence-electron chi connectivity index (χ1n) is 3.99. The van der Waals surface area contributed by atoms with Gasteiger partial charge in [-0.15, -0.1) is 0 Å². The summed E-state index contributed by atoms with van der Waals surface area (Å²) in [5.41, 5.74) is 0.966. The van der Waals surface area contributed by atoms with Gasteiger partial charge < -0.3 is 5.11 Å².